The topological polar surface area (TPSA) is 170 Å². The predicted molar refractivity (Wildman–Crippen MR) is 273 cm³/mol. The molecule has 2 N–H and O–H groups in total. The minimum Gasteiger partial charge on any atom is -0.494 e. The number of thiazole rings is 1. The van der Waals surface area contributed by atoms with Gasteiger partial charge in [0.2, 0.25) is 17.7 Å². The number of ether oxygens (including phenoxy) is 2. The highest BCUT2D eigenvalue weighted by atomic mass is 32.1. The zero-order valence-electron chi connectivity index (χ0n) is 42.4. The Bertz CT molecular complexity index is 3120. The summed E-state index contributed by atoms with van der Waals surface area (Å²) in [5.74, 6) is -5.79. The summed E-state index contributed by atoms with van der Waals surface area (Å²) in [5, 5.41) is 14.3. The molecule has 4 heterocycles. The molecule has 77 heavy (non-hydrogen) atoms. The van der Waals surface area contributed by atoms with Crippen LogP contribution in [0.25, 0.3) is 21.7 Å². The number of amides is 4. The van der Waals surface area contributed by atoms with Crippen LogP contribution in [-0.2, 0) is 42.8 Å². The first-order chi connectivity index (χ1) is 36.1. The summed E-state index contributed by atoms with van der Waals surface area (Å²) >= 11 is 6.93. The number of thiocarbonyl (C=S) groups is 1. The van der Waals surface area contributed by atoms with E-state index in [1.54, 1.807) is 37.6 Å². The molecule has 14 nitrogen and oxygen atoms in total. The molecular formula is C53H52F8N8O6S2. The number of benzene rings is 3. The van der Waals surface area contributed by atoms with Crippen molar-refractivity contribution in [2.24, 2.45) is 5.41 Å². The molecule has 2 fully saturated rings. The molecule has 2 saturated heterocycles. The second-order valence-corrected chi connectivity index (χ2v) is 21.0. The average molecular weight is 1110 g/mol. The molecular weight excluding hydrogens is 1060 g/mol. The number of nitriles is 1. The minimum absolute atomic E-state index is 0.0530. The Kier molecular flexibility index (Phi) is 17.1. The van der Waals surface area contributed by atoms with Crippen molar-refractivity contribution >= 4 is 63.7 Å². The molecule has 7 rings (SSSR count). The molecule has 24 heteroatoms. The number of alkyl halides is 6. The van der Waals surface area contributed by atoms with Crippen LogP contribution in [0.1, 0.15) is 88.2 Å². The molecule has 5 aromatic rings. The van der Waals surface area contributed by atoms with Gasteiger partial charge in [0.15, 0.2) is 16.7 Å². The zero-order valence-corrected chi connectivity index (χ0v) is 44.1. The third-order valence-electron chi connectivity index (χ3n) is 12.9. The number of pyridine rings is 1. The van der Waals surface area contributed by atoms with Crippen molar-refractivity contribution in [3.8, 4) is 33.5 Å². The number of carbonyl (C=O) groups excluding carboxylic acids is 4. The van der Waals surface area contributed by atoms with Crippen LogP contribution in [0.4, 0.5) is 46.5 Å². The van der Waals surface area contributed by atoms with Crippen LogP contribution in [0, 0.1) is 35.3 Å². The fraction of sp³-hybridized carbons (Fsp3) is 0.396. The monoisotopic (exact) mass is 1110 g/mol. The van der Waals surface area contributed by atoms with Crippen LogP contribution in [0.15, 0.2) is 72.4 Å². The zero-order chi connectivity index (χ0) is 56.4. The Balaban J connectivity index is 0.906. The van der Waals surface area contributed by atoms with Gasteiger partial charge in [0.25, 0.3) is 5.91 Å². The van der Waals surface area contributed by atoms with Gasteiger partial charge in [-0.2, -0.15) is 31.6 Å². The second kappa shape index (κ2) is 22.9. The van der Waals surface area contributed by atoms with E-state index in [1.807, 2.05) is 31.2 Å². The van der Waals surface area contributed by atoms with E-state index >= 15 is 8.78 Å². The highest BCUT2D eigenvalue weighted by Gasteiger charge is 2.52. The molecule has 2 aliphatic rings. The predicted octanol–water partition coefficient (Wildman–Crippen LogP) is 10.3. The number of nitrogens with zero attached hydrogens (tertiary/aromatic N) is 6. The van der Waals surface area contributed by atoms with Crippen molar-refractivity contribution in [2.75, 3.05) is 36.2 Å². The summed E-state index contributed by atoms with van der Waals surface area (Å²) in [6, 6.07) is 12.3. The lowest BCUT2D eigenvalue weighted by atomic mass is 9.85. The Morgan fingerprint density at radius 2 is 1.66 bits per heavy atom. The number of aromatic nitrogens is 2. The molecule has 0 aliphatic carbocycles. The molecule has 0 saturated carbocycles. The van der Waals surface area contributed by atoms with E-state index in [-0.39, 0.29) is 43.5 Å². The SMILES string of the molecule is Cc1ncsc1-c1ccc(CNC(=O)C2CCCN2C(=O)C(NC(=O)COCCCCOc2ccc(-c3ncc(N4C(=S)N(c5ccc(C#N)c(C(F)(F)F)c5F)C(=O)C4(C)C)cc3F)c(C(F)(F)F)c2)C(C)(C)C)cc1. The largest absolute Gasteiger partial charge is 0.494 e. The van der Waals surface area contributed by atoms with E-state index in [1.165, 1.54) is 30.9 Å². The van der Waals surface area contributed by atoms with Crippen LogP contribution in [0.3, 0.4) is 0 Å². The fourth-order valence-corrected chi connectivity index (χ4v) is 10.3. The molecule has 2 aromatic heterocycles. The lowest BCUT2D eigenvalue weighted by molar-refractivity contribution is -0.144. The first kappa shape index (κ1) is 57.6. The first-order valence-corrected chi connectivity index (χ1v) is 25.4. The molecule has 3 aromatic carbocycles. The van der Waals surface area contributed by atoms with Crippen molar-refractivity contribution in [1.82, 2.24) is 25.5 Å². The smallest absolute Gasteiger partial charge is 0.420 e. The van der Waals surface area contributed by atoms with Crippen molar-refractivity contribution < 1.29 is 63.8 Å². The van der Waals surface area contributed by atoms with Gasteiger partial charge in [-0.3, -0.25) is 29.1 Å². The molecule has 408 valence electrons. The van der Waals surface area contributed by atoms with E-state index in [9.17, 15) is 50.8 Å². The van der Waals surface area contributed by atoms with Crippen LogP contribution >= 0.6 is 23.6 Å². The van der Waals surface area contributed by atoms with Crippen LogP contribution in [-0.4, -0.2) is 87.6 Å². The maximum Gasteiger partial charge on any atom is 0.420 e. The summed E-state index contributed by atoms with van der Waals surface area (Å²) in [4.78, 5) is 66.3. The molecule has 0 spiro atoms. The van der Waals surface area contributed by atoms with Gasteiger partial charge in [-0.1, -0.05) is 45.0 Å². The second-order valence-electron chi connectivity index (χ2n) is 19.8. The minimum atomic E-state index is -5.34. The third-order valence-corrected chi connectivity index (χ3v) is 14.3. The number of nitrogens with one attached hydrogen (secondary N) is 2. The van der Waals surface area contributed by atoms with Crippen molar-refractivity contribution in [2.45, 2.75) is 104 Å². The maximum absolute atomic E-state index is 15.9. The fourth-order valence-electron chi connectivity index (χ4n) is 8.99. The summed E-state index contributed by atoms with van der Waals surface area (Å²) < 4.78 is 128. The van der Waals surface area contributed by atoms with Crippen LogP contribution in [0.2, 0.25) is 0 Å². The summed E-state index contributed by atoms with van der Waals surface area (Å²) in [7, 11) is 0. The lowest BCUT2D eigenvalue weighted by Gasteiger charge is -2.35. The highest BCUT2D eigenvalue weighted by molar-refractivity contribution is 7.81. The highest BCUT2D eigenvalue weighted by Crippen LogP contribution is 2.44. The van der Waals surface area contributed by atoms with E-state index in [0.717, 1.165) is 51.0 Å². The van der Waals surface area contributed by atoms with Gasteiger partial charge >= 0.3 is 12.4 Å². The molecule has 4 amide bonds. The van der Waals surface area contributed by atoms with Gasteiger partial charge in [-0.05, 0) is 106 Å². The van der Waals surface area contributed by atoms with Gasteiger partial charge in [-0.25, -0.2) is 13.8 Å². The van der Waals surface area contributed by atoms with Crippen molar-refractivity contribution in [1.29, 1.82) is 5.26 Å². The number of aryl methyl sites for hydroxylation is 1. The van der Waals surface area contributed by atoms with Gasteiger partial charge in [0.05, 0.1) is 57.5 Å². The number of hydrogen-bond donors (Lipinski definition) is 2. The molecule has 2 atom stereocenters. The standard InChI is InChI=1S/C53H52F8N8O6S2/c1-29-44(77-28-65-29)31-13-11-30(12-14-31)25-64-46(71)39-10-9-19-67(39)47(72)45(50(2,3)4)66-40(70)27-74-20-7-8-21-75-34-16-17-35(36(23-34)52(56,57)58)43-37(54)22-33(26-63-43)69-49(76)68(48(73)51(69,5)6)38-18-15-32(24-62)41(42(38)55)53(59,60)61/h11-18,22-23,26,28,39,45H,7-10,19-21,25,27H2,1-6H3,(H,64,71)(H,66,70). The summed E-state index contributed by atoms with van der Waals surface area (Å²) in [6.45, 7) is 10.00. The van der Waals surface area contributed by atoms with E-state index in [4.69, 9.17) is 21.7 Å². The number of likely N-dealkylation sites (tertiary alicyclic amines) is 1. The Morgan fingerprint density at radius 1 is 0.961 bits per heavy atom. The normalized spacial score (nSPS) is 16.2. The number of carbonyl (C=O) groups is 4. The molecule has 2 unspecified atom stereocenters. The summed E-state index contributed by atoms with van der Waals surface area (Å²) in [6.07, 6.45) is -7.82. The van der Waals surface area contributed by atoms with Crippen LogP contribution in [0.5, 0.6) is 5.75 Å². The van der Waals surface area contributed by atoms with Gasteiger partial charge < -0.3 is 29.9 Å². The van der Waals surface area contributed by atoms with Gasteiger partial charge in [-0.15, -0.1) is 11.3 Å². The number of rotatable bonds is 17. The van der Waals surface area contributed by atoms with Gasteiger partial charge in [0, 0.05) is 31.3 Å². The Labute approximate surface area is 447 Å². The number of halogens is 8. The van der Waals surface area contributed by atoms with Crippen molar-refractivity contribution in [3.05, 3.63) is 112 Å². The maximum atomic E-state index is 15.9. The van der Waals surface area contributed by atoms with Crippen molar-refractivity contribution in [3.63, 3.8) is 0 Å². The number of unbranched alkanes of at least 4 members (excludes halogenated alkanes) is 1. The van der Waals surface area contributed by atoms with E-state index < -0.39 is 110 Å². The Morgan fingerprint density at radius 3 is 2.29 bits per heavy atom. The quantitative estimate of drug-likeness (QED) is 0.0516. The number of hydrogen-bond acceptors (Lipinski definition) is 11. The van der Waals surface area contributed by atoms with E-state index in [2.05, 4.69) is 20.6 Å². The third kappa shape index (κ3) is 12.5. The molecule has 0 radical (unpaired) electrons. The lowest BCUT2D eigenvalue weighted by Crippen LogP contribution is -2.58. The van der Waals surface area contributed by atoms with E-state index in [0.29, 0.717) is 42.8 Å². The van der Waals surface area contributed by atoms with Crippen LogP contribution < -0.4 is 25.2 Å². The number of anilines is 2. The summed E-state index contributed by atoms with van der Waals surface area (Å²) in [5.41, 5.74) is -4.88. The average Bonchev–Trinajstić information content (AvgIpc) is 4.13. The first-order valence-electron chi connectivity index (χ1n) is 24.1. The molecule has 2 aliphatic heterocycles. The Hall–Kier alpha value is -7.10. The molecule has 0 bridgehead atoms. The van der Waals surface area contributed by atoms with Gasteiger partial charge in [0.1, 0.15) is 41.2 Å².